The number of rotatable bonds is 6. The fraction of sp³-hybridized carbons (Fsp3) is 0.273. The summed E-state index contributed by atoms with van der Waals surface area (Å²) in [4.78, 5) is 18.3. The molecular weight excluding hydrogens is 354 g/mol. The minimum Gasteiger partial charge on any atom is -0.324 e. The molecule has 0 saturated carbocycles. The van der Waals surface area contributed by atoms with Crippen LogP contribution in [-0.4, -0.2) is 24.5 Å². The number of anilines is 1. The van der Waals surface area contributed by atoms with Gasteiger partial charge in [-0.2, -0.15) is 0 Å². The van der Waals surface area contributed by atoms with Gasteiger partial charge >= 0.3 is 0 Å². The van der Waals surface area contributed by atoms with Gasteiger partial charge in [0.25, 0.3) is 5.91 Å². The monoisotopic (exact) mass is 380 g/mol. The SMILES string of the molecule is Cc1cc(C)c(NC(=O)C[NH+](C)Cc2nc(-c3ccccc3)cs2)c(C)c1. The molecule has 0 radical (unpaired) electrons. The number of quaternary nitrogens is 1. The van der Waals surface area contributed by atoms with Crippen molar-refractivity contribution in [3.8, 4) is 11.3 Å². The molecule has 0 bridgehead atoms. The maximum Gasteiger partial charge on any atom is 0.279 e. The minimum absolute atomic E-state index is 0.0300. The number of nitrogens with zero attached hydrogens (tertiary/aromatic N) is 1. The largest absolute Gasteiger partial charge is 0.324 e. The van der Waals surface area contributed by atoms with E-state index >= 15 is 0 Å². The number of aryl methyl sites for hydroxylation is 3. The Bertz CT molecular complexity index is 911. The summed E-state index contributed by atoms with van der Waals surface area (Å²) >= 11 is 1.65. The number of hydrogen-bond acceptors (Lipinski definition) is 3. The van der Waals surface area contributed by atoms with Crippen LogP contribution in [0.4, 0.5) is 5.69 Å². The number of hydrogen-bond donors (Lipinski definition) is 2. The second kappa shape index (κ2) is 8.46. The Balaban J connectivity index is 1.59. The zero-order chi connectivity index (χ0) is 19.4. The van der Waals surface area contributed by atoms with E-state index in [-0.39, 0.29) is 5.91 Å². The Morgan fingerprint density at radius 3 is 2.44 bits per heavy atom. The van der Waals surface area contributed by atoms with E-state index < -0.39 is 0 Å². The summed E-state index contributed by atoms with van der Waals surface area (Å²) < 4.78 is 0. The van der Waals surface area contributed by atoms with Crippen molar-refractivity contribution in [1.29, 1.82) is 0 Å². The molecule has 2 N–H and O–H groups in total. The number of carbonyl (C=O) groups excluding carboxylic acids is 1. The second-order valence-electron chi connectivity index (χ2n) is 7.13. The normalized spacial score (nSPS) is 12.0. The van der Waals surface area contributed by atoms with Crippen molar-refractivity contribution in [1.82, 2.24) is 4.98 Å². The van der Waals surface area contributed by atoms with Crippen molar-refractivity contribution in [3.05, 3.63) is 69.5 Å². The molecule has 1 amide bonds. The van der Waals surface area contributed by atoms with Gasteiger partial charge in [-0.3, -0.25) is 4.79 Å². The summed E-state index contributed by atoms with van der Waals surface area (Å²) in [5.41, 5.74) is 6.47. The Morgan fingerprint density at radius 2 is 1.78 bits per heavy atom. The Kier molecular flexibility index (Phi) is 6.04. The highest BCUT2D eigenvalue weighted by Gasteiger charge is 2.15. The molecule has 0 fully saturated rings. The third kappa shape index (κ3) is 5.02. The number of carbonyl (C=O) groups is 1. The van der Waals surface area contributed by atoms with Crippen LogP contribution in [0.25, 0.3) is 11.3 Å². The zero-order valence-electron chi connectivity index (χ0n) is 16.3. The van der Waals surface area contributed by atoms with Crippen LogP contribution in [0.5, 0.6) is 0 Å². The van der Waals surface area contributed by atoms with Gasteiger partial charge in [-0.05, 0) is 31.9 Å². The van der Waals surface area contributed by atoms with Gasteiger partial charge in [-0.25, -0.2) is 4.98 Å². The first-order valence-corrected chi connectivity index (χ1v) is 9.99. The van der Waals surface area contributed by atoms with Crippen molar-refractivity contribution in [3.63, 3.8) is 0 Å². The second-order valence-corrected chi connectivity index (χ2v) is 8.07. The third-order valence-electron chi connectivity index (χ3n) is 4.48. The van der Waals surface area contributed by atoms with Crippen LogP contribution >= 0.6 is 11.3 Å². The van der Waals surface area contributed by atoms with E-state index in [0.717, 1.165) is 44.5 Å². The Labute approximate surface area is 164 Å². The number of amides is 1. The van der Waals surface area contributed by atoms with E-state index in [1.807, 2.05) is 39.1 Å². The highest BCUT2D eigenvalue weighted by Crippen LogP contribution is 2.22. The smallest absolute Gasteiger partial charge is 0.279 e. The molecule has 140 valence electrons. The van der Waals surface area contributed by atoms with E-state index in [1.165, 1.54) is 5.56 Å². The number of benzene rings is 2. The average molecular weight is 381 g/mol. The van der Waals surface area contributed by atoms with Crippen LogP contribution in [0.15, 0.2) is 47.8 Å². The lowest BCUT2D eigenvalue weighted by atomic mass is 10.1. The lowest BCUT2D eigenvalue weighted by Crippen LogP contribution is -3.08. The molecule has 0 aliphatic carbocycles. The van der Waals surface area contributed by atoms with Crippen LogP contribution in [0, 0.1) is 20.8 Å². The molecule has 1 unspecified atom stereocenters. The van der Waals surface area contributed by atoms with Gasteiger partial charge < -0.3 is 10.2 Å². The summed E-state index contributed by atoms with van der Waals surface area (Å²) in [6.07, 6.45) is 0. The van der Waals surface area contributed by atoms with Gasteiger partial charge in [0.05, 0.1) is 12.7 Å². The maximum absolute atomic E-state index is 12.5. The third-order valence-corrected chi connectivity index (χ3v) is 5.33. The lowest BCUT2D eigenvalue weighted by Gasteiger charge is -2.15. The summed E-state index contributed by atoms with van der Waals surface area (Å²) in [5, 5.41) is 6.20. The Morgan fingerprint density at radius 1 is 1.11 bits per heavy atom. The molecule has 3 aromatic rings. The fourth-order valence-electron chi connectivity index (χ4n) is 3.29. The van der Waals surface area contributed by atoms with E-state index in [0.29, 0.717) is 6.54 Å². The van der Waals surface area contributed by atoms with Crippen LogP contribution in [-0.2, 0) is 11.3 Å². The standard InChI is InChI=1S/C22H25N3OS/c1-15-10-16(2)22(17(3)11-15)24-20(26)12-25(4)13-21-23-19(14-27-21)18-8-6-5-7-9-18/h5-11,14H,12-13H2,1-4H3,(H,24,26)/p+1. The molecule has 3 rings (SSSR count). The summed E-state index contributed by atoms with van der Waals surface area (Å²) in [6, 6.07) is 14.4. The first kappa shape index (κ1) is 19.3. The van der Waals surface area contributed by atoms with Crippen molar-refractivity contribution >= 4 is 22.9 Å². The maximum atomic E-state index is 12.5. The highest BCUT2D eigenvalue weighted by molar-refractivity contribution is 7.09. The van der Waals surface area contributed by atoms with Gasteiger partial charge in [0.1, 0.15) is 11.6 Å². The van der Waals surface area contributed by atoms with E-state index in [9.17, 15) is 4.79 Å². The molecular formula is C22H26N3OS+. The van der Waals surface area contributed by atoms with Gasteiger partial charge in [0, 0.05) is 16.6 Å². The fourth-order valence-corrected chi connectivity index (χ4v) is 4.21. The first-order chi connectivity index (χ1) is 12.9. The van der Waals surface area contributed by atoms with E-state index in [2.05, 4.69) is 41.9 Å². The molecule has 1 atom stereocenters. The molecule has 0 spiro atoms. The molecule has 0 saturated heterocycles. The number of nitrogens with one attached hydrogen (secondary N) is 2. The summed E-state index contributed by atoms with van der Waals surface area (Å²) in [7, 11) is 2.03. The minimum atomic E-state index is 0.0300. The predicted octanol–water partition coefficient (Wildman–Crippen LogP) is 3.39. The van der Waals surface area contributed by atoms with Crippen LogP contribution < -0.4 is 10.2 Å². The van der Waals surface area contributed by atoms with Crippen molar-refractivity contribution in [2.45, 2.75) is 27.3 Å². The van der Waals surface area contributed by atoms with Crippen molar-refractivity contribution in [2.24, 2.45) is 0 Å². The quantitative estimate of drug-likeness (QED) is 0.689. The molecule has 0 aliphatic rings. The van der Waals surface area contributed by atoms with E-state index in [1.54, 1.807) is 11.3 Å². The molecule has 27 heavy (non-hydrogen) atoms. The Hall–Kier alpha value is -2.50. The van der Waals surface area contributed by atoms with Crippen molar-refractivity contribution < 1.29 is 9.69 Å². The van der Waals surface area contributed by atoms with E-state index in [4.69, 9.17) is 4.98 Å². The topological polar surface area (TPSA) is 46.4 Å². The van der Waals surface area contributed by atoms with Crippen LogP contribution in [0.1, 0.15) is 21.7 Å². The highest BCUT2D eigenvalue weighted by atomic mass is 32.1. The van der Waals surface area contributed by atoms with Gasteiger partial charge in [-0.15, -0.1) is 11.3 Å². The molecule has 2 aromatic carbocycles. The molecule has 1 heterocycles. The van der Waals surface area contributed by atoms with Crippen LogP contribution in [0.3, 0.4) is 0 Å². The van der Waals surface area contributed by atoms with Crippen LogP contribution in [0.2, 0.25) is 0 Å². The average Bonchev–Trinajstić information content (AvgIpc) is 3.07. The van der Waals surface area contributed by atoms with Gasteiger partial charge in [0.2, 0.25) is 0 Å². The number of aromatic nitrogens is 1. The summed E-state index contributed by atoms with van der Waals surface area (Å²) in [6.45, 7) is 7.28. The summed E-state index contributed by atoms with van der Waals surface area (Å²) in [5.74, 6) is 0.0300. The zero-order valence-corrected chi connectivity index (χ0v) is 17.1. The molecule has 1 aromatic heterocycles. The number of likely N-dealkylation sites (N-methyl/N-ethyl adjacent to an activating group) is 1. The molecule has 4 nitrogen and oxygen atoms in total. The molecule has 5 heteroatoms. The van der Waals surface area contributed by atoms with Gasteiger partial charge in [0.15, 0.2) is 6.54 Å². The first-order valence-electron chi connectivity index (χ1n) is 9.11. The predicted molar refractivity (Wildman–Crippen MR) is 112 cm³/mol. The van der Waals surface area contributed by atoms with Crippen molar-refractivity contribution in [2.75, 3.05) is 18.9 Å². The molecule has 0 aliphatic heterocycles. The number of thiazole rings is 1. The van der Waals surface area contributed by atoms with Gasteiger partial charge in [-0.1, -0.05) is 48.0 Å². The lowest BCUT2D eigenvalue weighted by molar-refractivity contribution is -0.885.